The number of carboxylic acid groups (broad SMARTS) is 1. The molecule has 0 aliphatic rings. The summed E-state index contributed by atoms with van der Waals surface area (Å²) in [5, 5.41) is 14.2. The van der Waals surface area contributed by atoms with E-state index >= 15 is 0 Å². The van der Waals surface area contributed by atoms with E-state index in [0.717, 1.165) is 0 Å². The Balaban J connectivity index is 2.79. The first-order chi connectivity index (χ1) is 11.8. The molecule has 0 aliphatic carbocycles. The van der Waals surface area contributed by atoms with E-state index in [1.807, 2.05) is 0 Å². The molecule has 0 spiro atoms. The lowest BCUT2D eigenvalue weighted by Crippen LogP contribution is -2.52. The van der Waals surface area contributed by atoms with Gasteiger partial charge in [-0.05, 0) is 37.0 Å². The summed E-state index contributed by atoms with van der Waals surface area (Å²) in [5.41, 5.74) is 0.647. The lowest BCUT2D eigenvalue weighted by molar-refractivity contribution is -0.142. The SMILES string of the molecule is C=CCCC[C@H](NC(=O)[C@H](Cc1ccc(F)cc1)NC(C)=O)C(=O)O. The van der Waals surface area contributed by atoms with Gasteiger partial charge in [0.1, 0.15) is 17.9 Å². The number of benzene rings is 1. The zero-order chi connectivity index (χ0) is 18.8. The van der Waals surface area contributed by atoms with Gasteiger partial charge in [0.05, 0.1) is 0 Å². The van der Waals surface area contributed by atoms with E-state index in [9.17, 15) is 23.9 Å². The van der Waals surface area contributed by atoms with Gasteiger partial charge in [-0.2, -0.15) is 0 Å². The summed E-state index contributed by atoms with van der Waals surface area (Å²) >= 11 is 0. The van der Waals surface area contributed by atoms with Crippen LogP contribution in [0, 0.1) is 5.82 Å². The summed E-state index contributed by atoms with van der Waals surface area (Å²) in [6.45, 7) is 4.84. The fourth-order valence-corrected chi connectivity index (χ4v) is 2.31. The van der Waals surface area contributed by atoms with Crippen LogP contribution in [0.1, 0.15) is 31.7 Å². The molecule has 25 heavy (non-hydrogen) atoms. The van der Waals surface area contributed by atoms with Crippen LogP contribution < -0.4 is 10.6 Å². The molecule has 1 rings (SSSR count). The first kappa shape index (κ1) is 20.3. The monoisotopic (exact) mass is 350 g/mol. The normalized spacial score (nSPS) is 12.7. The van der Waals surface area contributed by atoms with Gasteiger partial charge in [-0.25, -0.2) is 9.18 Å². The van der Waals surface area contributed by atoms with Crippen molar-refractivity contribution < 1.29 is 23.9 Å². The number of hydrogen-bond donors (Lipinski definition) is 3. The summed E-state index contributed by atoms with van der Waals surface area (Å²) in [5.74, 6) is -2.55. The highest BCUT2D eigenvalue weighted by atomic mass is 19.1. The van der Waals surface area contributed by atoms with Crippen LogP contribution in [0.3, 0.4) is 0 Å². The maximum Gasteiger partial charge on any atom is 0.326 e. The van der Waals surface area contributed by atoms with Gasteiger partial charge >= 0.3 is 5.97 Å². The number of halogens is 1. The van der Waals surface area contributed by atoms with Crippen LogP contribution in [0.2, 0.25) is 0 Å². The molecule has 2 amide bonds. The van der Waals surface area contributed by atoms with Gasteiger partial charge in [-0.3, -0.25) is 9.59 Å². The Bertz CT molecular complexity index is 616. The molecule has 0 unspecified atom stereocenters. The molecule has 6 nitrogen and oxygen atoms in total. The Labute approximate surface area is 146 Å². The van der Waals surface area contributed by atoms with Crippen LogP contribution in [0.15, 0.2) is 36.9 Å². The second-order valence-electron chi connectivity index (χ2n) is 5.70. The lowest BCUT2D eigenvalue weighted by Gasteiger charge is -2.21. The number of amides is 2. The van der Waals surface area contributed by atoms with Gasteiger partial charge in [0, 0.05) is 13.3 Å². The van der Waals surface area contributed by atoms with Crippen molar-refractivity contribution in [3.8, 4) is 0 Å². The molecule has 2 atom stereocenters. The van der Waals surface area contributed by atoms with Gasteiger partial charge < -0.3 is 15.7 Å². The second kappa shape index (κ2) is 10.2. The summed E-state index contributed by atoms with van der Waals surface area (Å²) in [6.07, 6.45) is 3.28. The summed E-state index contributed by atoms with van der Waals surface area (Å²) in [7, 11) is 0. The number of allylic oxidation sites excluding steroid dienone is 1. The van der Waals surface area contributed by atoms with Crippen molar-refractivity contribution in [2.45, 2.75) is 44.7 Å². The third-order valence-electron chi connectivity index (χ3n) is 3.56. The number of unbranched alkanes of at least 4 members (excludes halogenated alkanes) is 1. The lowest BCUT2D eigenvalue weighted by atomic mass is 10.0. The Morgan fingerprint density at radius 1 is 1.20 bits per heavy atom. The summed E-state index contributed by atoms with van der Waals surface area (Å²) < 4.78 is 13.0. The van der Waals surface area contributed by atoms with Crippen molar-refractivity contribution in [2.75, 3.05) is 0 Å². The van der Waals surface area contributed by atoms with Gasteiger partial charge in [-0.15, -0.1) is 6.58 Å². The molecule has 0 aliphatic heterocycles. The maximum atomic E-state index is 13.0. The van der Waals surface area contributed by atoms with Crippen LogP contribution >= 0.6 is 0 Å². The Hall–Kier alpha value is -2.70. The van der Waals surface area contributed by atoms with E-state index in [-0.39, 0.29) is 12.8 Å². The molecule has 0 bridgehead atoms. The fraction of sp³-hybridized carbons (Fsp3) is 0.389. The van der Waals surface area contributed by atoms with Crippen molar-refractivity contribution >= 4 is 17.8 Å². The minimum atomic E-state index is -1.14. The molecule has 0 radical (unpaired) electrons. The number of rotatable bonds is 10. The molecular weight excluding hydrogens is 327 g/mol. The quantitative estimate of drug-likeness (QED) is 0.443. The molecule has 3 N–H and O–H groups in total. The number of carboxylic acids is 1. The predicted octanol–water partition coefficient (Wildman–Crippen LogP) is 1.80. The van der Waals surface area contributed by atoms with E-state index in [4.69, 9.17) is 0 Å². The van der Waals surface area contributed by atoms with Crippen LogP contribution in [-0.4, -0.2) is 35.0 Å². The zero-order valence-corrected chi connectivity index (χ0v) is 14.1. The highest BCUT2D eigenvalue weighted by Gasteiger charge is 2.25. The zero-order valence-electron chi connectivity index (χ0n) is 14.1. The van der Waals surface area contributed by atoms with E-state index in [2.05, 4.69) is 17.2 Å². The molecule has 0 saturated carbocycles. The summed E-state index contributed by atoms with van der Waals surface area (Å²) in [4.78, 5) is 35.1. The highest BCUT2D eigenvalue weighted by Crippen LogP contribution is 2.08. The first-order valence-corrected chi connectivity index (χ1v) is 7.99. The van der Waals surface area contributed by atoms with E-state index in [1.165, 1.54) is 31.2 Å². The molecule has 136 valence electrons. The van der Waals surface area contributed by atoms with Gasteiger partial charge in [0.2, 0.25) is 11.8 Å². The van der Waals surface area contributed by atoms with E-state index < -0.39 is 35.7 Å². The largest absolute Gasteiger partial charge is 0.480 e. The number of hydrogen-bond acceptors (Lipinski definition) is 3. The Morgan fingerprint density at radius 2 is 1.84 bits per heavy atom. The standard InChI is InChI=1S/C18H23FN2O4/c1-3-4-5-6-15(18(24)25)21-17(23)16(20-12(2)22)11-13-7-9-14(19)10-8-13/h3,7-10,15-16H,1,4-6,11H2,2H3,(H,20,22)(H,21,23)(H,24,25)/t15-,16-/m0/s1. The topological polar surface area (TPSA) is 95.5 Å². The number of nitrogens with one attached hydrogen (secondary N) is 2. The number of aliphatic carboxylic acids is 1. The average Bonchev–Trinajstić information content (AvgIpc) is 2.54. The van der Waals surface area contributed by atoms with Crippen LogP contribution in [-0.2, 0) is 20.8 Å². The van der Waals surface area contributed by atoms with Crippen LogP contribution in [0.5, 0.6) is 0 Å². The molecule has 0 fully saturated rings. The molecular formula is C18H23FN2O4. The van der Waals surface area contributed by atoms with Gasteiger partial charge in [0.25, 0.3) is 0 Å². The third-order valence-corrected chi connectivity index (χ3v) is 3.56. The van der Waals surface area contributed by atoms with Crippen molar-refractivity contribution in [1.29, 1.82) is 0 Å². The van der Waals surface area contributed by atoms with Crippen LogP contribution in [0.25, 0.3) is 0 Å². The van der Waals surface area contributed by atoms with Gasteiger partial charge in [-0.1, -0.05) is 18.2 Å². The predicted molar refractivity (Wildman–Crippen MR) is 91.3 cm³/mol. The second-order valence-corrected chi connectivity index (χ2v) is 5.70. The fourth-order valence-electron chi connectivity index (χ4n) is 2.31. The molecule has 1 aromatic carbocycles. The number of carbonyl (C=O) groups excluding carboxylic acids is 2. The first-order valence-electron chi connectivity index (χ1n) is 7.99. The Kier molecular flexibility index (Phi) is 8.32. The Morgan fingerprint density at radius 3 is 2.36 bits per heavy atom. The van der Waals surface area contributed by atoms with Crippen molar-refractivity contribution in [3.63, 3.8) is 0 Å². The third kappa shape index (κ3) is 7.60. The van der Waals surface area contributed by atoms with E-state index in [1.54, 1.807) is 6.08 Å². The smallest absolute Gasteiger partial charge is 0.326 e. The summed E-state index contributed by atoms with van der Waals surface area (Å²) in [6, 6.07) is 3.55. The van der Waals surface area contributed by atoms with Gasteiger partial charge in [0.15, 0.2) is 0 Å². The molecule has 0 saturated heterocycles. The van der Waals surface area contributed by atoms with Crippen molar-refractivity contribution in [2.24, 2.45) is 0 Å². The minimum absolute atomic E-state index is 0.130. The van der Waals surface area contributed by atoms with Crippen LogP contribution in [0.4, 0.5) is 4.39 Å². The minimum Gasteiger partial charge on any atom is -0.480 e. The van der Waals surface area contributed by atoms with E-state index in [0.29, 0.717) is 18.4 Å². The number of carbonyl (C=O) groups is 3. The van der Waals surface area contributed by atoms with Crippen molar-refractivity contribution in [3.05, 3.63) is 48.3 Å². The molecule has 0 aromatic heterocycles. The molecule has 1 aromatic rings. The molecule has 7 heteroatoms. The highest BCUT2D eigenvalue weighted by molar-refractivity contribution is 5.90. The molecule has 0 heterocycles. The average molecular weight is 350 g/mol. The van der Waals surface area contributed by atoms with Crippen molar-refractivity contribution in [1.82, 2.24) is 10.6 Å². The maximum absolute atomic E-state index is 13.0.